The monoisotopic (exact) mass is 277 g/mol. The molecule has 1 amide bonds. The van der Waals surface area contributed by atoms with Crippen molar-refractivity contribution in [2.45, 2.75) is 45.6 Å². The summed E-state index contributed by atoms with van der Waals surface area (Å²) < 4.78 is 1.82. The molecule has 3 rings (SSSR count). The van der Waals surface area contributed by atoms with Crippen molar-refractivity contribution in [3.05, 3.63) is 11.8 Å². The third-order valence-corrected chi connectivity index (χ3v) is 4.38. The molecule has 1 aromatic rings. The summed E-state index contributed by atoms with van der Waals surface area (Å²) in [7, 11) is 0. The van der Waals surface area contributed by atoms with Crippen LogP contribution >= 0.6 is 0 Å². The van der Waals surface area contributed by atoms with Crippen LogP contribution < -0.4 is 5.32 Å². The molecule has 2 fully saturated rings. The summed E-state index contributed by atoms with van der Waals surface area (Å²) in [6.45, 7) is 3.96. The van der Waals surface area contributed by atoms with Gasteiger partial charge >= 0.3 is 5.97 Å². The van der Waals surface area contributed by atoms with Crippen molar-refractivity contribution >= 4 is 17.7 Å². The third kappa shape index (κ3) is 2.09. The van der Waals surface area contributed by atoms with E-state index >= 15 is 0 Å². The zero-order valence-corrected chi connectivity index (χ0v) is 11.7. The van der Waals surface area contributed by atoms with E-state index in [0.717, 1.165) is 5.69 Å². The minimum absolute atomic E-state index is 0.235. The number of carbonyl (C=O) groups is 2. The Labute approximate surface area is 117 Å². The number of hydrogen-bond donors (Lipinski definition) is 2. The van der Waals surface area contributed by atoms with Crippen LogP contribution in [0.25, 0.3) is 0 Å². The summed E-state index contributed by atoms with van der Waals surface area (Å²) in [6, 6.07) is 2.04. The van der Waals surface area contributed by atoms with Gasteiger partial charge in [-0.1, -0.05) is 0 Å². The Balaban J connectivity index is 1.80. The Kier molecular flexibility index (Phi) is 2.84. The van der Waals surface area contributed by atoms with Crippen molar-refractivity contribution in [1.82, 2.24) is 9.78 Å². The maximum atomic E-state index is 12.2. The second-order valence-electron chi connectivity index (χ2n) is 6.03. The van der Waals surface area contributed by atoms with Crippen molar-refractivity contribution in [3.63, 3.8) is 0 Å². The largest absolute Gasteiger partial charge is 0.480 e. The van der Waals surface area contributed by atoms with Gasteiger partial charge < -0.3 is 10.4 Å². The Morgan fingerprint density at radius 3 is 2.65 bits per heavy atom. The second kappa shape index (κ2) is 4.33. The predicted octanol–water partition coefficient (Wildman–Crippen LogP) is 1.97. The zero-order valence-electron chi connectivity index (χ0n) is 11.7. The first-order valence-corrected chi connectivity index (χ1v) is 7.05. The van der Waals surface area contributed by atoms with Gasteiger partial charge in [-0.15, -0.1) is 0 Å². The van der Waals surface area contributed by atoms with Crippen LogP contribution in [-0.2, 0) is 9.59 Å². The first-order chi connectivity index (χ1) is 9.44. The standard InChI is InChI=1S/C14H19N3O3/c1-8-7-11(17(16-8)9(2)10-3-4-10)15-12(18)14(5-6-14)13(19)20/h7,9-10H,3-6H2,1-2H3,(H,15,18)(H,19,20). The number of carboxylic acid groups (broad SMARTS) is 1. The number of anilines is 1. The Hall–Kier alpha value is -1.85. The summed E-state index contributed by atoms with van der Waals surface area (Å²) in [5, 5.41) is 16.3. The Morgan fingerprint density at radius 2 is 2.15 bits per heavy atom. The van der Waals surface area contributed by atoms with Gasteiger partial charge in [0.25, 0.3) is 0 Å². The van der Waals surface area contributed by atoms with E-state index < -0.39 is 17.3 Å². The quantitative estimate of drug-likeness (QED) is 0.806. The van der Waals surface area contributed by atoms with Crippen LogP contribution in [0.2, 0.25) is 0 Å². The molecule has 1 heterocycles. The fraction of sp³-hybridized carbons (Fsp3) is 0.643. The minimum atomic E-state index is -1.22. The molecular formula is C14H19N3O3. The lowest BCUT2D eigenvalue weighted by Gasteiger charge is -2.17. The normalized spacial score (nSPS) is 21.3. The molecule has 2 N–H and O–H groups in total. The Bertz CT molecular complexity index is 570. The average Bonchev–Trinajstić information content (AvgIpc) is 3.26. The number of aryl methyl sites for hydroxylation is 1. The molecule has 0 aliphatic heterocycles. The van der Waals surface area contributed by atoms with Gasteiger partial charge in [0, 0.05) is 6.07 Å². The fourth-order valence-electron chi connectivity index (χ4n) is 2.60. The molecule has 0 radical (unpaired) electrons. The van der Waals surface area contributed by atoms with Gasteiger partial charge in [-0.3, -0.25) is 9.59 Å². The van der Waals surface area contributed by atoms with Gasteiger partial charge in [-0.25, -0.2) is 4.68 Å². The number of aromatic nitrogens is 2. The topological polar surface area (TPSA) is 84.2 Å². The van der Waals surface area contributed by atoms with Crippen LogP contribution in [0.3, 0.4) is 0 Å². The molecule has 2 saturated carbocycles. The smallest absolute Gasteiger partial charge is 0.319 e. The summed E-state index contributed by atoms with van der Waals surface area (Å²) in [5.74, 6) is -0.235. The lowest BCUT2D eigenvalue weighted by Crippen LogP contribution is -2.32. The highest BCUT2D eigenvalue weighted by Gasteiger charge is 2.57. The number of carboxylic acids is 1. The minimum Gasteiger partial charge on any atom is -0.480 e. The molecule has 0 bridgehead atoms. The molecule has 0 saturated heterocycles. The van der Waals surface area contributed by atoms with Crippen molar-refractivity contribution in [2.75, 3.05) is 5.32 Å². The molecule has 1 unspecified atom stereocenters. The van der Waals surface area contributed by atoms with Gasteiger partial charge in [0.15, 0.2) is 0 Å². The van der Waals surface area contributed by atoms with Crippen LogP contribution in [0.15, 0.2) is 6.07 Å². The highest BCUT2D eigenvalue weighted by atomic mass is 16.4. The lowest BCUT2D eigenvalue weighted by atomic mass is 10.1. The van der Waals surface area contributed by atoms with E-state index in [-0.39, 0.29) is 6.04 Å². The molecule has 2 aliphatic carbocycles. The summed E-state index contributed by atoms with van der Waals surface area (Å²) >= 11 is 0. The molecule has 0 aromatic carbocycles. The molecule has 1 atom stereocenters. The summed E-state index contributed by atoms with van der Waals surface area (Å²) in [4.78, 5) is 23.3. The van der Waals surface area contributed by atoms with Crippen molar-refractivity contribution in [2.24, 2.45) is 11.3 Å². The van der Waals surface area contributed by atoms with Crippen LogP contribution in [-0.4, -0.2) is 26.8 Å². The molecule has 6 nitrogen and oxygen atoms in total. The molecule has 0 spiro atoms. The average molecular weight is 277 g/mol. The molecule has 108 valence electrons. The SMILES string of the molecule is Cc1cc(NC(=O)C2(C(=O)O)CC2)n(C(C)C2CC2)n1. The maximum absolute atomic E-state index is 12.2. The van der Waals surface area contributed by atoms with E-state index in [1.54, 1.807) is 6.07 Å². The predicted molar refractivity (Wildman–Crippen MR) is 72.3 cm³/mol. The van der Waals surface area contributed by atoms with Crippen LogP contribution in [0.5, 0.6) is 0 Å². The first-order valence-electron chi connectivity index (χ1n) is 7.05. The highest BCUT2D eigenvalue weighted by Crippen LogP contribution is 2.47. The maximum Gasteiger partial charge on any atom is 0.319 e. The molecule has 2 aliphatic rings. The van der Waals surface area contributed by atoms with E-state index in [2.05, 4.69) is 17.3 Å². The van der Waals surface area contributed by atoms with Gasteiger partial charge in [-0.05, 0) is 45.4 Å². The highest BCUT2D eigenvalue weighted by molar-refractivity contribution is 6.10. The fourth-order valence-corrected chi connectivity index (χ4v) is 2.60. The number of hydrogen-bond acceptors (Lipinski definition) is 3. The number of rotatable bonds is 5. The van der Waals surface area contributed by atoms with E-state index in [0.29, 0.717) is 24.6 Å². The van der Waals surface area contributed by atoms with E-state index in [9.17, 15) is 9.59 Å². The zero-order chi connectivity index (χ0) is 14.5. The van der Waals surface area contributed by atoms with Crippen molar-refractivity contribution in [1.29, 1.82) is 0 Å². The number of amides is 1. The Morgan fingerprint density at radius 1 is 1.50 bits per heavy atom. The number of nitrogens with zero attached hydrogens (tertiary/aromatic N) is 2. The van der Waals surface area contributed by atoms with Crippen LogP contribution in [0.1, 0.15) is 44.3 Å². The molecular weight excluding hydrogens is 258 g/mol. The van der Waals surface area contributed by atoms with Crippen molar-refractivity contribution in [3.8, 4) is 0 Å². The lowest BCUT2D eigenvalue weighted by molar-refractivity contribution is -0.147. The van der Waals surface area contributed by atoms with Gasteiger partial charge in [-0.2, -0.15) is 5.10 Å². The van der Waals surface area contributed by atoms with E-state index in [1.165, 1.54) is 12.8 Å². The van der Waals surface area contributed by atoms with Crippen molar-refractivity contribution < 1.29 is 14.7 Å². The number of nitrogens with one attached hydrogen (secondary N) is 1. The summed E-state index contributed by atoms with van der Waals surface area (Å²) in [5.41, 5.74) is -0.390. The second-order valence-corrected chi connectivity index (χ2v) is 6.03. The summed E-state index contributed by atoms with van der Waals surface area (Å²) in [6.07, 6.45) is 3.21. The van der Waals surface area contributed by atoms with E-state index in [1.807, 2.05) is 11.6 Å². The van der Waals surface area contributed by atoms with Crippen LogP contribution in [0.4, 0.5) is 5.82 Å². The van der Waals surface area contributed by atoms with E-state index in [4.69, 9.17) is 5.11 Å². The van der Waals surface area contributed by atoms with Gasteiger partial charge in [0.2, 0.25) is 5.91 Å². The molecule has 6 heteroatoms. The molecule has 1 aromatic heterocycles. The van der Waals surface area contributed by atoms with Gasteiger partial charge in [0.05, 0.1) is 11.7 Å². The van der Waals surface area contributed by atoms with Crippen LogP contribution in [0, 0.1) is 18.3 Å². The third-order valence-electron chi connectivity index (χ3n) is 4.38. The number of aliphatic carboxylic acids is 1. The molecule has 20 heavy (non-hydrogen) atoms. The number of carbonyl (C=O) groups excluding carboxylic acids is 1. The van der Waals surface area contributed by atoms with Gasteiger partial charge in [0.1, 0.15) is 11.2 Å². The first kappa shape index (κ1) is 13.1.